The highest BCUT2D eigenvalue weighted by atomic mass is 16.2. The molecular formula is C17H28N3O2+. The topological polar surface area (TPSA) is 74.8 Å². The molecule has 0 spiro atoms. The Morgan fingerprint density at radius 2 is 1.73 bits per heavy atom. The van der Waals surface area contributed by atoms with E-state index in [1.54, 1.807) is 0 Å². The van der Waals surface area contributed by atoms with Gasteiger partial charge in [-0.25, -0.2) is 4.79 Å². The maximum atomic E-state index is 11.9. The van der Waals surface area contributed by atoms with Crippen LogP contribution in [0.3, 0.4) is 0 Å². The second-order valence-corrected chi connectivity index (χ2v) is 6.27. The molecule has 0 bridgehead atoms. The van der Waals surface area contributed by atoms with Gasteiger partial charge in [0.1, 0.15) is 6.04 Å². The van der Waals surface area contributed by atoms with E-state index in [9.17, 15) is 9.59 Å². The van der Waals surface area contributed by atoms with E-state index in [2.05, 4.69) is 36.6 Å². The Balaban J connectivity index is 2.45. The number of carbonyl (C=O) groups excluding carboxylic acids is 2. The quantitative estimate of drug-likeness (QED) is 0.713. The molecule has 5 heteroatoms. The highest BCUT2D eigenvalue weighted by Crippen LogP contribution is 2.16. The third-order valence-electron chi connectivity index (χ3n) is 3.38. The van der Waals surface area contributed by atoms with E-state index in [0.29, 0.717) is 18.4 Å². The summed E-state index contributed by atoms with van der Waals surface area (Å²) in [4.78, 5) is 23.4. The Morgan fingerprint density at radius 1 is 1.09 bits per heavy atom. The second kappa shape index (κ2) is 9.20. The zero-order valence-electron chi connectivity index (χ0n) is 13.9. The average molecular weight is 306 g/mol. The van der Waals surface area contributed by atoms with Crippen LogP contribution >= 0.6 is 0 Å². The van der Waals surface area contributed by atoms with Crippen molar-refractivity contribution in [3.8, 4) is 0 Å². The van der Waals surface area contributed by atoms with Crippen molar-refractivity contribution in [3.63, 3.8) is 0 Å². The number of nitrogens with two attached hydrogens (primary N) is 1. The van der Waals surface area contributed by atoms with Gasteiger partial charge in [-0.15, -0.1) is 0 Å². The molecule has 0 radical (unpaired) electrons. The SMILES string of the molecule is CC(C)CNC(=O)NC(=O)C[NH2+][C@H](c1ccccc1)C(C)C. The van der Waals surface area contributed by atoms with Crippen molar-refractivity contribution >= 4 is 11.9 Å². The third-order valence-corrected chi connectivity index (χ3v) is 3.38. The lowest BCUT2D eigenvalue weighted by molar-refractivity contribution is -0.692. The molecule has 122 valence electrons. The highest BCUT2D eigenvalue weighted by molar-refractivity contribution is 5.94. The summed E-state index contributed by atoms with van der Waals surface area (Å²) in [7, 11) is 0. The first-order valence-electron chi connectivity index (χ1n) is 7.86. The second-order valence-electron chi connectivity index (χ2n) is 6.27. The van der Waals surface area contributed by atoms with Crippen molar-refractivity contribution < 1.29 is 14.9 Å². The molecule has 0 heterocycles. The summed E-state index contributed by atoms with van der Waals surface area (Å²) in [6.07, 6.45) is 0. The number of benzene rings is 1. The van der Waals surface area contributed by atoms with Gasteiger partial charge in [-0.05, 0) is 5.92 Å². The van der Waals surface area contributed by atoms with Crippen LogP contribution < -0.4 is 16.0 Å². The van der Waals surface area contributed by atoms with Gasteiger partial charge in [0.15, 0.2) is 6.54 Å². The number of amides is 3. The first-order valence-corrected chi connectivity index (χ1v) is 7.86. The first-order chi connectivity index (χ1) is 10.4. The van der Waals surface area contributed by atoms with E-state index in [1.165, 1.54) is 5.56 Å². The lowest BCUT2D eigenvalue weighted by atomic mass is 9.96. The van der Waals surface area contributed by atoms with Gasteiger partial charge in [-0.2, -0.15) is 0 Å². The lowest BCUT2D eigenvalue weighted by Gasteiger charge is -2.19. The van der Waals surface area contributed by atoms with Crippen molar-refractivity contribution in [1.29, 1.82) is 0 Å². The van der Waals surface area contributed by atoms with Crippen LogP contribution in [0.15, 0.2) is 30.3 Å². The monoisotopic (exact) mass is 306 g/mol. The normalized spacial score (nSPS) is 12.3. The Labute approximate surface area is 132 Å². The molecular weight excluding hydrogens is 278 g/mol. The molecule has 0 saturated carbocycles. The number of carbonyl (C=O) groups is 2. The van der Waals surface area contributed by atoms with E-state index < -0.39 is 6.03 Å². The molecule has 0 aliphatic heterocycles. The molecule has 22 heavy (non-hydrogen) atoms. The van der Waals surface area contributed by atoms with Crippen LogP contribution in [0.5, 0.6) is 0 Å². The fraction of sp³-hybridized carbons (Fsp3) is 0.529. The molecule has 1 atom stereocenters. The third kappa shape index (κ3) is 6.72. The van der Waals surface area contributed by atoms with Crippen LogP contribution in [-0.4, -0.2) is 25.0 Å². The standard InChI is InChI=1S/C17H27N3O2/c1-12(2)10-19-17(22)20-15(21)11-18-16(13(3)4)14-8-6-5-7-9-14/h5-9,12-13,16,18H,10-11H2,1-4H3,(H2,19,20,21,22)/p+1/t16-/m0/s1. The molecule has 0 unspecified atom stereocenters. The Morgan fingerprint density at radius 3 is 2.27 bits per heavy atom. The molecule has 4 N–H and O–H groups in total. The number of hydrogen-bond donors (Lipinski definition) is 3. The van der Waals surface area contributed by atoms with Crippen molar-refractivity contribution in [2.75, 3.05) is 13.1 Å². The van der Waals surface area contributed by atoms with Crippen molar-refractivity contribution in [1.82, 2.24) is 10.6 Å². The van der Waals surface area contributed by atoms with Crippen LogP contribution in [-0.2, 0) is 4.79 Å². The zero-order chi connectivity index (χ0) is 16.5. The van der Waals surface area contributed by atoms with Gasteiger partial charge in [-0.1, -0.05) is 58.0 Å². The van der Waals surface area contributed by atoms with Crippen molar-refractivity contribution in [2.24, 2.45) is 11.8 Å². The minimum atomic E-state index is -0.423. The summed E-state index contributed by atoms with van der Waals surface area (Å²) in [5.41, 5.74) is 1.19. The van der Waals surface area contributed by atoms with Gasteiger partial charge in [0.05, 0.1) is 0 Å². The Kier molecular flexibility index (Phi) is 7.60. The van der Waals surface area contributed by atoms with Gasteiger partial charge in [0, 0.05) is 18.0 Å². The van der Waals surface area contributed by atoms with Crippen LogP contribution in [0.4, 0.5) is 4.79 Å². The summed E-state index contributed by atoms with van der Waals surface area (Å²) < 4.78 is 0. The van der Waals surface area contributed by atoms with Crippen LogP contribution in [0.25, 0.3) is 0 Å². The lowest BCUT2D eigenvalue weighted by Crippen LogP contribution is -2.88. The molecule has 1 rings (SSSR count). The molecule has 1 aromatic rings. The summed E-state index contributed by atoms with van der Waals surface area (Å²) in [5, 5.41) is 7.01. The molecule has 0 aliphatic rings. The molecule has 0 aromatic heterocycles. The Hall–Kier alpha value is -1.88. The largest absolute Gasteiger partial charge is 0.338 e. The highest BCUT2D eigenvalue weighted by Gasteiger charge is 2.20. The van der Waals surface area contributed by atoms with Crippen molar-refractivity contribution in [2.45, 2.75) is 33.7 Å². The minimum Gasteiger partial charge on any atom is -0.338 e. The van der Waals surface area contributed by atoms with Gasteiger partial charge in [0.2, 0.25) is 0 Å². The van der Waals surface area contributed by atoms with Crippen LogP contribution in [0.2, 0.25) is 0 Å². The van der Waals surface area contributed by atoms with Gasteiger partial charge < -0.3 is 10.6 Å². The van der Waals surface area contributed by atoms with E-state index in [-0.39, 0.29) is 18.5 Å². The Bertz CT molecular complexity index is 472. The van der Waals surface area contributed by atoms with Gasteiger partial charge >= 0.3 is 6.03 Å². The maximum Gasteiger partial charge on any atom is 0.321 e. The van der Waals surface area contributed by atoms with Crippen molar-refractivity contribution in [3.05, 3.63) is 35.9 Å². The number of imide groups is 1. The zero-order valence-corrected chi connectivity index (χ0v) is 13.9. The maximum absolute atomic E-state index is 11.9. The molecule has 0 saturated heterocycles. The number of rotatable bonds is 7. The smallest absolute Gasteiger partial charge is 0.321 e. The number of quaternary nitrogens is 1. The number of nitrogens with one attached hydrogen (secondary N) is 2. The summed E-state index contributed by atoms with van der Waals surface area (Å²) in [5.74, 6) is 0.476. The minimum absolute atomic E-state index is 0.200. The van der Waals surface area contributed by atoms with Crippen LogP contribution in [0.1, 0.15) is 39.3 Å². The van der Waals surface area contributed by atoms with E-state index in [4.69, 9.17) is 0 Å². The fourth-order valence-electron chi connectivity index (χ4n) is 2.22. The predicted octanol–water partition coefficient (Wildman–Crippen LogP) is 1.43. The molecule has 0 fully saturated rings. The summed E-state index contributed by atoms with van der Waals surface area (Å²) in [6.45, 7) is 9.04. The van der Waals surface area contributed by atoms with E-state index in [1.807, 2.05) is 37.4 Å². The molecule has 5 nitrogen and oxygen atoms in total. The fourth-order valence-corrected chi connectivity index (χ4v) is 2.22. The predicted molar refractivity (Wildman–Crippen MR) is 87.2 cm³/mol. The van der Waals surface area contributed by atoms with Crippen LogP contribution in [0, 0.1) is 11.8 Å². The molecule has 3 amide bonds. The summed E-state index contributed by atoms with van der Waals surface area (Å²) >= 11 is 0. The van der Waals surface area contributed by atoms with E-state index in [0.717, 1.165) is 0 Å². The van der Waals surface area contributed by atoms with E-state index >= 15 is 0 Å². The van der Waals surface area contributed by atoms with Gasteiger partial charge in [-0.3, -0.25) is 10.1 Å². The molecule has 0 aliphatic carbocycles. The first kappa shape index (κ1) is 18.2. The molecule has 1 aromatic carbocycles. The average Bonchev–Trinajstić information content (AvgIpc) is 2.46. The van der Waals surface area contributed by atoms with Gasteiger partial charge in [0.25, 0.3) is 5.91 Å². The number of hydrogen-bond acceptors (Lipinski definition) is 2. The summed E-state index contributed by atoms with van der Waals surface area (Å²) in [6, 6.07) is 9.88. The number of urea groups is 1.